The van der Waals surface area contributed by atoms with E-state index in [1.807, 2.05) is 38.1 Å². The van der Waals surface area contributed by atoms with Crippen LogP contribution < -0.4 is 10.6 Å². The van der Waals surface area contributed by atoms with Crippen LogP contribution in [-0.4, -0.2) is 18.4 Å². The van der Waals surface area contributed by atoms with E-state index in [1.54, 1.807) is 24.3 Å². The van der Waals surface area contributed by atoms with Crippen molar-refractivity contribution in [3.05, 3.63) is 65.2 Å². The molecule has 0 saturated heterocycles. The van der Waals surface area contributed by atoms with Crippen LogP contribution in [0.4, 0.5) is 5.69 Å². The van der Waals surface area contributed by atoms with Crippen LogP contribution in [0, 0.1) is 6.92 Å². The van der Waals surface area contributed by atoms with E-state index in [0.717, 1.165) is 17.5 Å². The molecule has 0 fully saturated rings. The molecule has 0 radical (unpaired) electrons. The second kappa shape index (κ2) is 8.13. The standard InChI is InChI=1S/C19H22N2O2/c1-3-12-20-19(23)15-8-10-17(11-9-15)21-18(22)13-16-7-5-4-6-14(16)2/h4-11H,3,12-13H2,1-2H3,(H,20,23)(H,21,22). The first kappa shape index (κ1) is 16.7. The molecule has 0 aliphatic rings. The first-order valence-corrected chi connectivity index (χ1v) is 7.82. The van der Waals surface area contributed by atoms with Gasteiger partial charge in [-0.3, -0.25) is 9.59 Å². The maximum absolute atomic E-state index is 12.1. The number of benzene rings is 2. The van der Waals surface area contributed by atoms with Crippen LogP contribution >= 0.6 is 0 Å². The van der Waals surface area contributed by atoms with Gasteiger partial charge in [0, 0.05) is 17.8 Å². The van der Waals surface area contributed by atoms with Crippen LogP contribution in [0.5, 0.6) is 0 Å². The number of aryl methyl sites for hydroxylation is 1. The molecule has 0 aliphatic heterocycles. The van der Waals surface area contributed by atoms with Gasteiger partial charge in [0.15, 0.2) is 0 Å². The lowest BCUT2D eigenvalue weighted by Crippen LogP contribution is -2.23. The molecule has 2 N–H and O–H groups in total. The van der Waals surface area contributed by atoms with Crippen LogP contribution in [0.3, 0.4) is 0 Å². The number of rotatable bonds is 6. The zero-order valence-corrected chi connectivity index (χ0v) is 13.6. The fourth-order valence-corrected chi connectivity index (χ4v) is 2.23. The van der Waals surface area contributed by atoms with Crippen molar-refractivity contribution in [3.8, 4) is 0 Å². The van der Waals surface area contributed by atoms with Crippen LogP contribution in [0.15, 0.2) is 48.5 Å². The Morgan fingerprint density at radius 1 is 1.00 bits per heavy atom. The molecule has 4 nitrogen and oxygen atoms in total. The third-order valence-corrected chi connectivity index (χ3v) is 3.58. The van der Waals surface area contributed by atoms with Crippen molar-refractivity contribution in [2.24, 2.45) is 0 Å². The molecule has 0 saturated carbocycles. The van der Waals surface area contributed by atoms with E-state index >= 15 is 0 Å². The van der Waals surface area contributed by atoms with Crippen molar-refractivity contribution in [1.82, 2.24) is 5.32 Å². The summed E-state index contributed by atoms with van der Waals surface area (Å²) in [5.74, 6) is -0.160. The molecule has 120 valence electrons. The van der Waals surface area contributed by atoms with Gasteiger partial charge < -0.3 is 10.6 Å². The minimum atomic E-state index is -0.0929. The van der Waals surface area contributed by atoms with Gasteiger partial charge in [-0.2, -0.15) is 0 Å². The van der Waals surface area contributed by atoms with Gasteiger partial charge in [-0.25, -0.2) is 0 Å². The fourth-order valence-electron chi connectivity index (χ4n) is 2.23. The normalized spacial score (nSPS) is 10.2. The molecule has 0 unspecified atom stereocenters. The topological polar surface area (TPSA) is 58.2 Å². The molecule has 23 heavy (non-hydrogen) atoms. The van der Waals surface area contributed by atoms with Gasteiger partial charge in [0.05, 0.1) is 6.42 Å². The molecule has 2 aromatic carbocycles. The van der Waals surface area contributed by atoms with Gasteiger partial charge in [0.25, 0.3) is 5.91 Å². The van der Waals surface area contributed by atoms with Gasteiger partial charge in [0.1, 0.15) is 0 Å². The van der Waals surface area contributed by atoms with E-state index in [1.165, 1.54) is 0 Å². The number of nitrogens with one attached hydrogen (secondary N) is 2. The van der Waals surface area contributed by atoms with Crippen molar-refractivity contribution < 1.29 is 9.59 Å². The summed E-state index contributed by atoms with van der Waals surface area (Å²) < 4.78 is 0. The molecule has 0 heterocycles. The molecule has 0 spiro atoms. The van der Waals surface area contributed by atoms with Gasteiger partial charge >= 0.3 is 0 Å². The SMILES string of the molecule is CCCNC(=O)c1ccc(NC(=O)Cc2ccccc2C)cc1. The summed E-state index contributed by atoms with van der Waals surface area (Å²) in [4.78, 5) is 23.9. The Morgan fingerprint density at radius 3 is 2.35 bits per heavy atom. The number of amides is 2. The lowest BCUT2D eigenvalue weighted by Gasteiger charge is -2.08. The molecule has 0 aliphatic carbocycles. The lowest BCUT2D eigenvalue weighted by atomic mass is 10.1. The third-order valence-electron chi connectivity index (χ3n) is 3.58. The van der Waals surface area contributed by atoms with E-state index in [9.17, 15) is 9.59 Å². The number of hydrogen-bond donors (Lipinski definition) is 2. The van der Waals surface area contributed by atoms with Crippen LogP contribution in [-0.2, 0) is 11.2 Å². The van der Waals surface area contributed by atoms with Crippen LogP contribution in [0.1, 0.15) is 34.8 Å². The first-order valence-electron chi connectivity index (χ1n) is 7.82. The number of carbonyl (C=O) groups is 2. The highest BCUT2D eigenvalue weighted by atomic mass is 16.2. The highest BCUT2D eigenvalue weighted by molar-refractivity contribution is 5.96. The third kappa shape index (κ3) is 4.95. The predicted octanol–water partition coefficient (Wildman–Crippen LogP) is 3.32. The number of anilines is 1. The average Bonchev–Trinajstić information content (AvgIpc) is 2.55. The monoisotopic (exact) mass is 310 g/mol. The van der Waals surface area contributed by atoms with E-state index in [2.05, 4.69) is 10.6 Å². The Bertz CT molecular complexity index is 678. The smallest absolute Gasteiger partial charge is 0.251 e. The van der Waals surface area contributed by atoms with Gasteiger partial charge in [-0.1, -0.05) is 31.2 Å². The maximum Gasteiger partial charge on any atom is 0.251 e. The summed E-state index contributed by atoms with van der Waals surface area (Å²) >= 11 is 0. The fraction of sp³-hybridized carbons (Fsp3) is 0.263. The zero-order chi connectivity index (χ0) is 16.7. The van der Waals surface area contributed by atoms with Gasteiger partial charge in [-0.05, 0) is 48.7 Å². The molecular formula is C19H22N2O2. The van der Waals surface area contributed by atoms with E-state index in [0.29, 0.717) is 24.2 Å². The molecule has 0 aromatic heterocycles. The summed E-state index contributed by atoms with van der Waals surface area (Å²) in [6, 6.07) is 14.8. The predicted molar refractivity (Wildman–Crippen MR) is 92.6 cm³/mol. The first-order chi connectivity index (χ1) is 11.1. The van der Waals surface area contributed by atoms with Crippen molar-refractivity contribution in [2.45, 2.75) is 26.7 Å². The molecule has 2 aromatic rings. The molecular weight excluding hydrogens is 288 g/mol. The summed E-state index contributed by atoms with van der Waals surface area (Å²) in [6.45, 7) is 4.66. The van der Waals surface area contributed by atoms with Gasteiger partial charge in [-0.15, -0.1) is 0 Å². The largest absolute Gasteiger partial charge is 0.352 e. The highest BCUT2D eigenvalue weighted by Gasteiger charge is 2.08. The van der Waals surface area contributed by atoms with Crippen molar-refractivity contribution >= 4 is 17.5 Å². The number of carbonyl (C=O) groups excluding carboxylic acids is 2. The quantitative estimate of drug-likeness (QED) is 0.860. The van der Waals surface area contributed by atoms with Crippen molar-refractivity contribution in [1.29, 1.82) is 0 Å². The lowest BCUT2D eigenvalue weighted by molar-refractivity contribution is -0.115. The van der Waals surface area contributed by atoms with Crippen molar-refractivity contribution in [3.63, 3.8) is 0 Å². The Balaban J connectivity index is 1.94. The summed E-state index contributed by atoms with van der Waals surface area (Å²) in [6.07, 6.45) is 1.24. The Labute approximate surface area is 136 Å². The molecule has 2 rings (SSSR count). The minimum absolute atomic E-state index is 0.0671. The minimum Gasteiger partial charge on any atom is -0.352 e. The molecule has 0 atom stereocenters. The zero-order valence-electron chi connectivity index (χ0n) is 13.6. The molecule has 2 amide bonds. The Hall–Kier alpha value is -2.62. The number of hydrogen-bond acceptors (Lipinski definition) is 2. The highest BCUT2D eigenvalue weighted by Crippen LogP contribution is 2.12. The Morgan fingerprint density at radius 2 is 1.70 bits per heavy atom. The van der Waals surface area contributed by atoms with Crippen molar-refractivity contribution in [2.75, 3.05) is 11.9 Å². The van der Waals surface area contributed by atoms with Crippen LogP contribution in [0.25, 0.3) is 0 Å². The molecule has 4 heteroatoms. The van der Waals surface area contributed by atoms with Crippen LogP contribution in [0.2, 0.25) is 0 Å². The summed E-state index contributed by atoms with van der Waals surface area (Å²) in [7, 11) is 0. The summed E-state index contributed by atoms with van der Waals surface area (Å²) in [5, 5.41) is 5.68. The van der Waals surface area contributed by atoms with E-state index in [-0.39, 0.29) is 11.8 Å². The summed E-state index contributed by atoms with van der Waals surface area (Å²) in [5.41, 5.74) is 3.40. The Kier molecular flexibility index (Phi) is 5.92. The average molecular weight is 310 g/mol. The second-order valence-corrected chi connectivity index (χ2v) is 5.48. The maximum atomic E-state index is 12.1. The second-order valence-electron chi connectivity index (χ2n) is 5.48. The van der Waals surface area contributed by atoms with E-state index < -0.39 is 0 Å². The molecule has 0 bridgehead atoms. The van der Waals surface area contributed by atoms with E-state index in [4.69, 9.17) is 0 Å². The van der Waals surface area contributed by atoms with Gasteiger partial charge in [0.2, 0.25) is 5.91 Å².